The Labute approximate surface area is 143 Å². The number of hydrogen-bond donors (Lipinski definition) is 1. The fourth-order valence-corrected chi connectivity index (χ4v) is 3.97. The maximum absolute atomic E-state index is 12.3. The lowest BCUT2D eigenvalue weighted by atomic mass is 10.1. The molecule has 0 aliphatic heterocycles. The van der Waals surface area contributed by atoms with Crippen LogP contribution in [0.1, 0.15) is 28.7 Å². The maximum atomic E-state index is 12.3. The molecule has 3 heterocycles. The number of rotatable bonds is 7. The van der Waals surface area contributed by atoms with Gasteiger partial charge in [0.05, 0.1) is 17.5 Å². The molecule has 6 heteroatoms. The van der Waals surface area contributed by atoms with Gasteiger partial charge in [-0.2, -0.15) is 11.3 Å². The number of thiophene rings is 1. The average molecular weight is 345 g/mol. The fraction of sp³-hybridized carbons (Fsp3) is 0.294. The Morgan fingerprint density at radius 3 is 2.83 bits per heavy atom. The van der Waals surface area contributed by atoms with Crippen LogP contribution >= 0.6 is 22.7 Å². The number of aryl methyl sites for hydroxylation is 1. The second-order valence-electron chi connectivity index (χ2n) is 5.39. The molecule has 0 saturated heterocycles. The molecule has 0 aromatic carbocycles. The van der Waals surface area contributed by atoms with E-state index in [0.717, 1.165) is 17.1 Å². The molecule has 3 rings (SSSR count). The summed E-state index contributed by atoms with van der Waals surface area (Å²) < 4.78 is 2.09. The second kappa shape index (κ2) is 7.57. The monoisotopic (exact) mass is 345 g/mol. The van der Waals surface area contributed by atoms with Crippen LogP contribution in [0.5, 0.6) is 0 Å². The van der Waals surface area contributed by atoms with Gasteiger partial charge in [0, 0.05) is 36.4 Å². The van der Waals surface area contributed by atoms with Crippen molar-refractivity contribution in [2.45, 2.75) is 25.8 Å². The lowest BCUT2D eigenvalue weighted by Crippen LogP contribution is -2.28. The molecule has 0 aliphatic carbocycles. The SMILES string of the molecule is Cc1csc(CCNC(=O)CC(c2ccsc2)n2cccc2)n1. The molecule has 0 aliphatic rings. The van der Waals surface area contributed by atoms with Crippen molar-refractivity contribution in [2.24, 2.45) is 0 Å². The van der Waals surface area contributed by atoms with Crippen molar-refractivity contribution in [3.05, 3.63) is 63.0 Å². The van der Waals surface area contributed by atoms with Crippen molar-refractivity contribution in [1.82, 2.24) is 14.9 Å². The molecule has 23 heavy (non-hydrogen) atoms. The molecule has 120 valence electrons. The predicted octanol–water partition coefficient (Wildman–Crippen LogP) is 3.65. The van der Waals surface area contributed by atoms with Gasteiger partial charge >= 0.3 is 0 Å². The number of aromatic nitrogens is 2. The molecule has 1 atom stereocenters. The lowest BCUT2D eigenvalue weighted by Gasteiger charge is -2.17. The van der Waals surface area contributed by atoms with Crippen LogP contribution in [0.2, 0.25) is 0 Å². The number of carbonyl (C=O) groups is 1. The summed E-state index contributed by atoms with van der Waals surface area (Å²) in [5, 5.41) is 10.3. The summed E-state index contributed by atoms with van der Waals surface area (Å²) in [6.07, 6.45) is 5.25. The lowest BCUT2D eigenvalue weighted by molar-refractivity contribution is -0.121. The zero-order valence-corrected chi connectivity index (χ0v) is 14.6. The Morgan fingerprint density at radius 1 is 1.35 bits per heavy atom. The van der Waals surface area contributed by atoms with Crippen molar-refractivity contribution in [1.29, 1.82) is 0 Å². The molecular weight excluding hydrogens is 326 g/mol. The van der Waals surface area contributed by atoms with Gasteiger partial charge in [-0.15, -0.1) is 11.3 Å². The minimum absolute atomic E-state index is 0.0540. The highest BCUT2D eigenvalue weighted by molar-refractivity contribution is 7.09. The molecule has 0 fully saturated rings. The fourth-order valence-electron chi connectivity index (χ4n) is 2.49. The van der Waals surface area contributed by atoms with Crippen LogP contribution in [0.3, 0.4) is 0 Å². The first kappa shape index (κ1) is 16.0. The Hall–Kier alpha value is -1.92. The third kappa shape index (κ3) is 4.30. The van der Waals surface area contributed by atoms with Gasteiger partial charge < -0.3 is 9.88 Å². The minimum atomic E-state index is 0.0540. The van der Waals surface area contributed by atoms with Crippen LogP contribution in [0.25, 0.3) is 0 Å². The minimum Gasteiger partial charge on any atom is -0.356 e. The topological polar surface area (TPSA) is 46.9 Å². The molecule has 1 amide bonds. The molecule has 1 unspecified atom stereocenters. The number of hydrogen-bond acceptors (Lipinski definition) is 4. The van der Waals surface area contributed by atoms with E-state index < -0.39 is 0 Å². The van der Waals surface area contributed by atoms with E-state index in [0.29, 0.717) is 13.0 Å². The summed E-state index contributed by atoms with van der Waals surface area (Å²) in [6, 6.07) is 6.11. The van der Waals surface area contributed by atoms with Gasteiger partial charge in [-0.3, -0.25) is 4.79 Å². The summed E-state index contributed by atoms with van der Waals surface area (Å²) in [5.41, 5.74) is 2.22. The second-order valence-corrected chi connectivity index (χ2v) is 7.11. The zero-order chi connectivity index (χ0) is 16.1. The summed E-state index contributed by atoms with van der Waals surface area (Å²) >= 11 is 3.30. The Balaban J connectivity index is 1.56. The summed E-state index contributed by atoms with van der Waals surface area (Å²) in [4.78, 5) is 16.7. The average Bonchev–Trinajstić information content (AvgIpc) is 3.28. The van der Waals surface area contributed by atoms with Gasteiger partial charge in [-0.05, 0) is 41.4 Å². The summed E-state index contributed by atoms with van der Waals surface area (Å²) in [6.45, 7) is 2.62. The van der Waals surface area contributed by atoms with Crippen molar-refractivity contribution in [3.8, 4) is 0 Å². The van der Waals surface area contributed by atoms with Gasteiger partial charge in [0.1, 0.15) is 0 Å². The van der Waals surface area contributed by atoms with E-state index >= 15 is 0 Å². The highest BCUT2D eigenvalue weighted by atomic mass is 32.1. The normalized spacial score (nSPS) is 12.2. The first-order valence-electron chi connectivity index (χ1n) is 7.54. The highest BCUT2D eigenvalue weighted by Gasteiger charge is 2.17. The first-order valence-corrected chi connectivity index (χ1v) is 9.37. The van der Waals surface area contributed by atoms with Crippen LogP contribution in [0.15, 0.2) is 46.7 Å². The summed E-state index contributed by atoms with van der Waals surface area (Å²) in [7, 11) is 0. The molecule has 0 spiro atoms. The molecule has 0 saturated carbocycles. The Kier molecular flexibility index (Phi) is 5.25. The van der Waals surface area contributed by atoms with Crippen LogP contribution in [-0.4, -0.2) is 22.0 Å². The van der Waals surface area contributed by atoms with Crippen LogP contribution in [0, 0.1) is 6.92 Å². The van der Waals surface area contributed by atoms with Crippen molar-refractivity contribution >= 4 is 28.6 Å². The van der Waals surface area contributed by atoms with Gasteiger partial charge in [0.25, 0.3) is 0 Å². The quantitative estimate of drug-likeness (QED) is 0.710. The molecule has 3 aromatic heterocycles. The number of amides is 1. The van der Waals surface area contributed by atoms with Crippen LogP contribution in [0.4, 0.5) is 0 Å². The van der Waals surface area contributed by atoms with E-state index in [9.17, 15) is 4.79 Å². The standard InChI is InChI=1S/C17H19N3OS2/c1-13-11-23-17(19-13)4-6-18-16(21)10-15(14-5-9-22-12-14)20-7-2-3-8-20/h2-3,5,7-9,11-12,15H,4,6,10H2,1H3,(H,18,21). The number of nitrogens with zero attached hydrogens (tertiary/aromatic N) is 2. The van der Waals surface area contributed by atoms with Crippen LogP contribution < -0.4 is 5.32 Å². The van der Waals surface area contributed by atoms with E-state index in [4.69, 9.17) is 0 Å². The van der Waals surface area contributed by atoms with E-state index in [1.54, 1.807) is 22.7 Å². The van der Waals surface area contributed by atoms with Crippen molar-refractivity contribution in [3.63, 3.8) is 0 Å². The molecule has 0 radical (unpaired) electrons. The largest absolute Gasteiger partial charge is 0.356 e. The van der Waals surface area contributed by atoms with Gasteiger partial charge in [-0.25, -0.2) is 4.98 Å². The van der Waals surface area contributed by atoms with E-state index in [1.807, 2.05) is 36.8 Å². The van der Waals surface area contributed by atoms with Gasteiger partial charge in [0.15, 0.2) is 0 Å². The maximum Gasteiger partial charge on any atom is 0.222 e. The highest BCUT2D eigenvalue weighted by Crippen LogP contribution is 2.24. The molecule has 0 bridgehead atoms. The van der Waals surface area contributed by atoms with E-state index in [2.05, 4.69) is 31.7 Å². The van der Waals surface area contributed by atoms with Gasteiger partial charge in [-0.1, -0.05) is 0 Å². The third-order valence-corrected chi connectivity index (χ3v) is 5.35. The molecular formula is C17H19N3OS2. The number of thiazole rings is 1. The molecule has 1 N–H and O–H groups in total. The third-order valence-electron chi connectivity index (χ3n) is 3.62. The van der Waals surface area contributed by atoms with Gasteiger partial charge in [0.2, 0.25) is 5.91 Å². The smallest absolute Gasteiger partial charge is 0.222 e. The molecule has 4 nitrogen and oxygen atoms in total. The van der Waals surface area contributed by atoms with Crippen molar-refractivity contribution < 1.29 is 4.79 Å². The first-order chi connectivity index (χ1) is 11.2. The summed E-state index contributed by atoms with van der Waals surface area (Å²) in [5.74, 6) is 0.0724. The van der Waals surface area contributed by atoms with E-state index in [-0.39, 0.29) is 11.9 Å². The van der Waals surface area contributed by atoms with Crippen LogP contribution in [-0.2, 0) is 11.2 Å². The Morgan fingerprint density at radius 2 is 2.17 bits per heavy atom. The number of carbonyl (C=O) groups excluding carboxylic acids is 1. The van der Waals surface area contributed by atoms with E-state index in [1.165, 1.54) is 5.56 Å². The zero-order valence-electron chi connectivity index (χ0n) is 12.9. The Bertz CT molecular complexity index is 698. The molecule has 3 aromatic rings. The van der Waals surface area contributed by atoms with Crippen molar-refractivity contribution in [2.75, 3.05) is 6.54 Å². The number of nitrogens with one attached hydrogen (secondary N) is 1. The predicted molar refractivity (Wildman–Crippen MR) is 95.1 cm³/mol.